The molecule has 2 aliphatic rings. The summed E-state index contributed by atoms with van der Waals surface area (Å²) in [5.74, 6) is 1.38. The van der Waals surface area contributed by atoms with Gasteiger partial charge in [0.25, 0.3) is 5.91 Å². The molecular weight excluding hydrogens is 236 g/mol. The van der Waals surface area contributed by atoms with Crippen LogP contribution in [0.3, 0.4) is 0 Å². The van der Waals surface area contributed by atoms with Gasteiger partial charge in [-0.1, -0.05) is 26.0 Å². The molecule has 0 unspecified atom stereocenters. The Labute approximate surface area is 115 Å². The molecule has 2 saturated heterocycles. The maximum absolute atomic E-state index is 12.6. The van der Waals surface area contributed by atoms with E-state index in [9.17, 15) is 4.79 Å². The lowest BCUT2D eigenvalue weighted by Gasteiger charge is -2.23. The van der Waals surface area contributed by atoms with E-state index in [2.05, 4.69) is 36.2 Å². The van der Waals surface area contributed by atoms with Crippen molar-refractivity contribution in [1.29, 1.82) is 0 Å². The van der Waals surface area contributed by atoms with E-state index in [-0.39, 0.29) is 5.91 Å². The predicted molar refractivity (Wildman–Crippen MR) is 76.3 cm³/mol. The van der Waals surface area contributed by atoms with Crippen molar-refractivity contribution in [2.24, 2.45) is 5.92 Å². The first-order chi connectivity index (χ1) is 9.16. The van der Waals surface area contributed by atoms with Gasteiger partial charge in [0.2, 0.25) is 0 Å². The molecule has 0 aromatic heterocycles. The zero-order valence-corrected chi connectivity index (χ0v) is 11.7. The Balaban J connectivity index is 1.76. The largest absolute Gasteiger partial charge is 0.334 e. The molecule has 1 aromatic carbocycles. The fraction of sp³-hybridized carbons (Fsp3) is 0.562. The Morgan fingerprint density at radius 1 is 1.26 bits per heavy atom. The van der Waals surface area contributed by atoms with Crippen LogP contribution < -0.4 is 5.32 Å². The molecule has 1 amide bonds. The van der Waals surface area contributed by atoms with Crippen LogP contribution in [-0.4, -0.2) is 36.5 Å². The van der Waals surface area contributed by atoms with Crippen LogP contribution in [0.1, 0.15) is 42.1 Å². The van der Waals surface area contributed by atoms with Crippen molar-refractivity contribution in [2.45, 2.75) is 32.2 Å². The Kier molecular flexibility index (Phi) is 3.31. The Morgan fingerprint density at radius 3 is 2.68 bits per heavy atom. The smallest absolute Gasteiger partial charge is 0.254 e. The van der Waals surface area contributed by atoms with E-state index in [1.165, 1.54) is 5.56 Å². The lowest BCUT2D eigenvalue weighted by molar-refractivity contribution is 0.0737. The topological polar surface area (TPSA) is 32.3 Å². The fourth-order valence-electron chi connectivity index (χ4n) is 3.28. The van der Waals surface area contributed by atoms with E-state index in [1.54, 1.807) is 0 Å². The highest BCUT2D eigenvalue weighted by molar-refractivity contribution is 5.94. The highest BCUT2D eigenvalue weighted by Gasteiger charge is 2.39. The van der Waals surface area contributed by atoms with Crippen LogP contribution in [0.15, 0.2) is 24.3 Å². The first-order valence-corrected chi connectivity index (χ1v) is 7.28. The number of hydrogen-bond acceptors (Lipinski definition) is 2. The molecule has 19 heavy (non-hydrogen) atoms. The minimum absolute atomic E-state index is 0.200. The average molecular weight is 258 g/mol. The van der Waals surface area contributed by atoms with Crippen LogP contribution in [0.4, 0.5) is 0 Å². The van der Waals surface area contributed by atoms with Crippen molar-refractivity contribution in [3.63, 3.8) is 0 Å². The fourth-order valence-corrected chi connectivity index (χ4v) is 3.28. The maximum atomic E-state index is 12.6. The molecule has 0 radical (unpaired) electrons. The van der Waals surface area contributed by atoms with Crippen molar-refractivity contribution in [3.05, 3.63) is 35.4 Å². The monoisotopic (exact) mass is 258 g/mol. The minimum Gasteiger partial charge on any atom is -0.334 e. The van der Waals surface area contributed by atoms with Crippen molar-refractivity contribution < 1.29 is 4.79 Å². The zero-order chi connectivity index (χ0) is 13.4. The summed E-state index contributed by atoms with van der Waals surface area (Å²) in [5, 5.41) is 3.39. The second-order valence-corrected chi connectivity index (χ2v) is 6.05. The summed E-state index contributed by atoms with van der Waals surface area (Å²) in [6.45, 7) is 7.29. The molecule has 3 heteroatoms. The minimum atomic E-state index is 0.200. The normalized spacial score (nSPS) is 25.9. The predicted octanol–water partition coefficient (Wildman–Crippen LogP) is 2.24. The first-order valence-electron chi connectivity index (χ1n) is 7.28. The summed E-state index contributed by atoms with van der Waals surface area (Å²) in [5.41, 5.74) is 2.12. The van der Waals surface area contributed by atoms with Crippen LogP contribution >= 0.6 is 0 Å². The SMILES string of the molecule is CC(C)c1ccc(C(=O)N2CC[C@H]3CNC[C@H]32)cc1. The second-order valence-electron chi connectivity index (χ2n) is 6.05. The van der Waals surface area contributed by atoms with Gasteiger partial charge in [-0.15, -0.1) is 0 Å². The molecule has 2 aliphatic heterocycles. The molecule has 0 bridgehead atoms. The standard InChI is InChI=1S/C16H22N2O/c1-11(2)12-3-5-13(6-4-12)16(19)18-8-7-14-9-17-10-15(14)18/h3-6,11,14-15,17H,7-10H2,1-2H3/t14-,15+/m0/s1. The quantitative estimate of drug-likeness (QED) is 0.882. The van der Waals surface area contributed by atoms with Gasteiger partial charge in [0, 0.05) is 31.2 Å². The molecule has 2 fully saturated rings. The molecular formula is C16H22N2O. The van der Waals surface area contributed by atoms with Gasteiger partial charge >= 0.3 is 0 Å². The number of fused-ring (bicyclic) bond motifs is 1. The Hall–Kier alpha value is -1.35. The molecule has 2 heterocycles. The van der Waals surface area contributed by atoms with Gasteiger partial charge in [-0.05, 0) is 36.0 Å². The lowest BCUT2D eigenvalue weighted by Crippen LogP contribution is -2.39. The van der Waals surface area contributed by atoms with Crippen LogP contribution in [0.2, 0.25) is 0 Å². The molecule has 0 aliphatic carbocycles. The summed E-state index contributed by atoms with van der Waals surface area (Å²) >= 11 is 0. The van der Waals surface area contributed by atoms with Gasteiger partial charge in [0.15, 0.2) is 0 Å². The van der Waals surface area contributed by atoms with Crippen molar-refractivity contribution in [1.82, 2.24) is 10.2 Å². The summed E-state index contributed by atoms with van der Waals surface area (Å²) in [7, 11) is 0. The van der Waals surface area contributed by atoms with Crippen LogP contribution in [0, 0.1) is 5.92 Å². The third kappa shape index (κ3) is 2.27. The van der Waals surface area contributed by atoms with Gasteiger partial charge in [-0.25, -0.2) is 0 Å². The molecule has 1 N–H and O–H groups in total. The Morgan fingerprint density at radius 2 is 2.00 bits per heavy atom. The summed E-state index contributed by atoms with van der Waals surface area (Å²) < 4.78 is 0. The number of hydrogen-bond donors (Lipinski definition) is 1. The summed E-state index contributed by atoms with van der Waals surface area (Å²) in [4.78, 5) is 14.6. The van der Waals surface area contributed by atoms with Crippen LogP contribution in [-0.2, 0) is 0 Å². The number of nitrogens with one attached hydrogen (secondary N) is 1. The second kappa shape index (κ2) is 4.97. The van der Waals surface area contributed by atoms with Gasteiger partial charge in [-0.2, -0.15) is 0 Å². The number of carbonyl (C=O) groups is 1. The van der Waals surface area contributed by atoms with Gasteiger partial charge < -0.3 is 10.2 Å². The lowest BCUT2D eigenvalue weighted by atomic mass is 10.0. The maximum Gasteiger partial charge on any atom is 0.254 e. The van der Waals surface area contributed by atoms with E-state index in [1.807, 2.05) is 12.1 Å². The van der Waals surface area contributed by atoms with E-state index >= 15 is 0 Å². The van der Waals surface area contributed by atoms with E-state index < -0.39 is 0 Å². The van der Waals surface area contributed by atoms with E-state index in [0.717, 1.165) is 31.6 Å². The number of likely N-dealkylation sites (tertiary alicyclic amines) is 1. The summed E-state index contributed by atoms with van der Waals surface area (Å²) in [6, 6.07) is 8.54. The number of benzene rings is 1. The van der Waals surface area contributed by atoms with E-state index in [0.29, 0.717) is 17.9 Å². The number of nitrogens with zero attached hydrogens (tertiary/aromatic N) is 1. The van der Waals surface area contributed by atoms with Crippen LogP contribution in [0.25, 0.3) is 0 Å². The van der Waals surface area contributed by atoms with E-state index in [4.69, 9.17) is 0 Å². The third-order valence-electron chi connectivity index (χ3n) is 4.53. The number of amides is 1. The molecule has 1 aromatic rings. The van der Waals surface area contributed by atoms with Crippen molar-refractivity contribution in [3.8, 4) is 0 Å². The summed E-state index contributed by atoms with van der Waals surface area (Å²) in [6.07, 6.45) is 1.15. The van der Waals surface area contributed by atoms with Crippen molar-refractivity contribution >= 4 is 5.91 Å². The van der Waals surface area contributed by atoms with Gasteiger partial charge in [0.05, 0.1) is 0 Å². The third-order valence-corrected chi connectivity index (χ3v) is 4.53. The molecule has 0 spiro atoms. The van der Waals surface area contributed by atoms with Crippen LogP contribution in [0.5, 0.6) is 0 Å². The highest BCUT2D eigenvalue weighted by atomic mass is 16.2. The highest BCUT2D eigenvalue weighted by Crippen LogP contribution is 2.28. The average Bonchev–Trinajstić information content (AvgIpc) is 3.00. The molecule has 3 nitrogen and oxygen atoms in total. The molecule has 0 saturated carbocycles. The molecule has 2 atom stereocenters. The number of carbonyl (C=O) groups excluding carboxylic acids is 1. The molecule has 3 rings (SSSR count). The zero-order valence-electron chi connectivity index (χ0n) is 11.7. The van der Waals surface area contributed by atoms with Crippen molar-refractivity contribution in [2.75, 3.05) is 19.6 Å². The van der Waals surface area contributed by atoms with Gasteiger partial charge in [-0.3, -0.25) is 4.79 Å². The number of rotatable bonds is 2. The Bertz CT molecular complexity index is 466. The first kappa shape index (κ1) is 12.7. The molecule has 102 valence electrons. The van der Waals surface area contributed by atoms with Gasteiger partial charge in [0.1, 0.15) is 0 Å².